The molecule has 1 heterocycles. The van der Waals surface area contributed by atoms with Crippen LogP contribution >= 0.6 is 0 Å². The van der Waals surface area contributed by atoms with Crippen LogP contribution in [0.1, 0.15) is 32.9 Å². The molecule has 0 spiro atoms. The van der Waals surface area contributed by atoms with E-state index in [9.17, 15) is 4.79 Å². The second-order valence-corrected chi connectivity index (χ2v) is 4.77. The summed E-state index contributed by atoms with van der Waals surface area (Å²) in [6, 6.07) is 3.63. The molecule has 4 heteroatoms. The van der Waals surface area contributed by atoms with Crippen molar-refractivity contribution in [1.29, 1.82) is 0 Å². The zero-order valence-electron chi connectivity index (χ0n) is 10.8. The van der Waals surface area contributed by atoms with E-state index in [-0.39, 0.29) is 12.4 Å². The number of esters is 1. The van der Waals surface area contributed by atoms with Gasteiger partial charge in [0.2, 0.25) is 0 Å². The molecule has 1 aromatic rings. The van der Waals surface area contributed by atoms with Gasteiger partial charge in [0, 0.05) is 6.20 Å². The minimum Gasteiger partial charge on any atom is -0.491 e. The third-order valence-corrected chi connectivity index (χ3v) is 1.94. The van der Waals surface area contributed by atoms with E-state index in [4.69, 9.17) is 9.47 Å². The van der Waals surface area contributed by atoms with Gasteiger partial charge in [0.15, 0.2) is 0 Å². The van der Waals surface area contributed by atoms with Gasteiger partial charge in [-0.25, -0.2) is 0 Å². The molecule has 0 aliphatic carbocycles. The summed E-state index contributed by atoms with van der Waals surface area (Å²) in [7, 11) is 0. The van der Waals surface area contributed by atoms with Crippen molar-refractivity contribution in [1.82, 2.24) is 4.98 Å². The molecule has 1 aromatic heterocycles. The predicted molar refractivity (Wildman–Crippen MR) is 64.9 cm³/mol. The second-order valence-electron chi connectivity index (χ2n) is 4.77. The highest BCUT2D eigenvalue weighted by Crippen LogP contribution is 2.14. The Labute approximate surface area is 102 Å². The molecule has 17 heavy (non-hydrogen) atoms. The lowest BCUT2D eigenvalue weighted by Gasteiger charge is -2.19. The van der Waals surface area contributed by atoms with Crippen molar-refractivity contribution < 1.29 is 14.3 Å². The van der Waals surface area contributed by atoms with Gasteiger partial charge in [-0.2, -0.15) is 0 Å². The van der Waals surface area contributed by atoms with Gasteiger partial charge in [0.1, 0.15) is 11.4 Å². The molecular weight excluding hydrogens is 218 g/mol. The first kappa shape index (κ1) is 13.5. The van der Waals surface area contributed by atoms with E-state index >= 15 is 0 Å². The van der Waals surface area contributed by atoms with Crippen molar-refractivity contribution in [2.45, 2.75) is 39.7 Å². The Morgan fingerprint density at radius 3 is 2.71 bits per heavy atom. The van der Waals surface area contributed by atoms with Crippen LogP contribution in [0.25, 0.3) is 0 Å². The van der Waals surface area contributed by atoms with Gasteiger partial charge in [-0.3, -0.25) is 9.78 Å². The molecule has 0 radical (unpaired) electrons. The van der Waals surface area contributed by atoms with Crippen LogP contribution in [0.3, 0.4) is 0 Å². The predicted octanol–water partition coefficient (Wildman–Crippen LogP) is 2.50. The summed E-state index contributed by atoms with van der Waals surface area (Å²) in [4.78, 5) is 15.5. The van der Waals surface area contributed by atoms with Crippen molar-refractivity contribution in [3.63, 3.8) is 0 Å². The maximum Gasteiger partial charge on any atom is 0.309 e. The number of ether oxygens (including phenoxy) is 2. The Morgan fingerprint density at radius 2 is 2.12 bits per heavy atom. The molecule has 1 rings (SSSR count). The van der Waals surface area contributed by atoms with E-state index in [1.54, 1.807) is 12.3 Å². The summed E-state index contributed by atoms with van der Waals surface area (Å²) < 4.78 is 10.6. The molecule has 0 bridgehead atoms. The normalized spacial score (nSPS) is 11.1. The van der Waals surface area contributed by atoms with E-state index in [2.05, 4.69) is 4.98 Å². The molecule has 0 unspecified atom stereocenters. The van der Waals surface area contributed by atoms with Gasteiger partial charge in [-0.15, -0.1) is 0 Å². The van der Waals surface area contributed by atoms with E-state index in [1.807, 2.05) is 33.8 Å². The fourth-order valence-electron chi connectivity index (χ4n) is 1.26. The Hall–Kier alpha value is -1.58. The van der Waals surface area contributed by atoms with Crippen LogP contribution in [0.2, 0.25) is 0 Å². The third kappa shape index (κ3) is 5.33. The fraction of sp³-hybridized carbons (Fsp3) is 0.538. The van der Waals surface area contributed by atoms with Crippen LogP contribution in [-0.2, 0) is 9.53 Å². The fourth-order valence-corrected chi connectivity index (χ4v) is 1.26. The standard InChI is InChI=1S/C13H19NO3/c1-10-11(6-5-8-14-10)16-9-7-12(15)17-13(2,3)4/h5-6,8H,7,9H2,1-4H3. The van der Waals surface area contributed by atoms with E-state index in [1.165, 1.54) is 0 Å². The monoisotopic (exact) mass is 237 g/mol. The largest absolute Gasteiger partial charge is 0.491 e. The molecular formula is C13H19NO3. The molecule has 0 amide bonds. The minimum atomic E-state index is -0.443. The number of nitrogens with zero attached hydrogens (tertiary/aromatic N) is 1. The van der Waals surface area contributed by atoms with Gasteiger partial charge in [-0.05, 0) is 39.8 Å². The summed E-state index contributed by atoms with van der Waals surface area (Å²) in [5.41, 5.74) is 0.373. The van der Waals surface area contributed by atoms with Gasteiger partial charge >= 0.3 is 5.97 Å². The van der Waals surface area contributed by atoms with Crippen LogP contribution in [-0.4, -0.2) is 23.2 Å². The van der Waals surface area contributed by atoms with Crippen molar-refractivity contribution in [2.75, 3.05) is 6.61 Å². The summed E-state index contributed by atoms with van der Waals surface area (Å²) in [5.74, 6) is 0.454. The van der Waals surface area contributed by atoms with Crippen LogP contribution in [0.5, 0.6) is 5.75 Å². The maximum atomic E-state index is 11.4. The molecule has 0 aliphatic rings. The summed E-state index contributed by atoms with van der Waals surface area (Å²) in [6.45, 7) is 7.70. The van der Waals surface area contributed by atoms with Gasteiger partial charge in [0.25, 0.3) is 0 Å². The summed E-state index contributed by atoms with van der Waals surface area (Å²) in [6.07, 6.45) is 1.95. The number of rotatable bonds is 4. The summed E-state index contributed by atoms with van der Waals surface area (Å²) >= 11 is 0. The average molecular weight is 237 g/mol. The highest BCUT2D eigenvalue weighted by atomic mass is 16.6. The number of hydrogen-bond donors (Lipinski definition) is 0. The number of aromatic nitrogens is 1. The highest BCUT2D eigenvalue weighted by molar-refractivity contribution is 5.69. The molecule has 94 valence electrons. The molecule has 0 saturated heterocycles. The van der Waals surface area contributed by atoms with Gasteiger partial charge < -0.3 is 9.47 Å². The van der Waals surface area contributed by atoms with Gasteiger partial charge in [0.05, 0.1) is 18.7 Å². The molecule has 0 aliphatic heterocycles. The quantitative estimate of drug-likeness (QED) is 0.755. The maximum absolute atomic E-state index is 11.4. The molecule has 0 N–H and O–H groups in total. The van der Waals surface area contributed by atoms with Crippen molar-refractivity contribution >= 4 is 5.97 Å². The first-order valence-electron chi connectivity index (χ1n) is 5.65. The number of hydrogen-bond acceptors (Lipinski definition) is 4. The highest BCUT2D eigenvalue weighted by Gasteiger charge is 2.16. The van der Waals surface area contributed by atoms with E-state index in [0.29, 0.717) is 12.4 Å². The smallest absolute Gasteiger partial charge is 0.309 e. The van der Waals surface area contributed by atoms with Crippen molar-refractivity contribution in [3.8, 4) is 5.75 Å². The Balaban J connectivity index is 2.34. The molecule has 0 saturated carbocycles. The Bertz CT molecular complexity index is 382. The number of aryl methyl sites for hydroxylation is 1. The Kier molecular flexibility index (Phi) is 4.49. The SMILES string of the molecule is Cc1ncccc1OCCC(=O)OC(C)(C)C. The molecule has 0 atom stereocenters. The number of carbonyl (C=O) groups excluding carboxylic acids is 1. The van der Waals surface area contributed by atoms with E-state index < -0.39 is 5.60 Å². The average Bonchev–Trinajstić information content (AvgIpc) is 2.18. The zero-order chi connectivity index (χ0) is 12.9. The topological polar surface area (TPSA) is 48.4 Å². The van der Waals surface area contributed by atoms with Crippen molar-refractivity contribution in [3.05, 3.63) is 24.0 Å². The summed E-state index contributed by atoms with van der Waals surface area (Å²) in [5, 5.41) is 0. The second kappa shape index (κ2) is 5.66. The molecule has 0 aromatic carbocycles. The minimum absolute atomic E-state index is 0.242. The first-order chi connectivity index (χ1) is 7.88. The lowest BCUT2D eigenvalue weighted by atomic mass is 10.2. The van der Waals surface area contributed by atoms with Gasteiger partial charge in [-0.1, -0.05) is 0 Å². The lowest BCUT2D eigenvalue weighted by Crippen LogP contribution is -2.24. The van der Waals surface area contributed by atoms with Crippen LogP contribution in [0.4, 0.5) is 0 Å². The number of pyridine rings is 1. The van der Waals surface area contributed by atoms with Crippen LogP contribution in [0.15, 0.2) is 18.3 Å². The zero-order valence-corrected chi connectivity index (χ0v) is 10.8. The van der Waals surface area contributed by atoms with Crippen molar-refractivity contribution in [2.24, 2.45) is 0 Å². The van der Waals surface area contributed by atoms with Crippen LogP contribution in [0, 0.1) is 6.92 Å². The Morgan fingerprint density at radius 1 is 1.41 bits per heavy atom. The lowest BCUT2D eigenvalue weighted by molar-refractivity contribution is -0.155. The third-order valence-electron chi connectivity index (χ3n) is 1.94. The number of carbonyl (C=O) groups is 1. The molecule has 4 nitrogen and oxygen atoms in total. The van der Waals surface area contributed by atoms with Crippen LogP contribution < -0.4 is 4.74 Å². The molecule has 0 fully saturated rings. The first-order valence-corrected chi connectivity index (χ1v) is 5.65. The van der Waals surface area contributed by atoms with E-state index in [0.717, 1.165) is 5.69 Å².